The molecule has 1 saturated heterocycles. The van der Waals surface area contributed by atoms with Crippen molar-refractivity contribution in [2.75, 3.05) is 33.2 Å². The van der Waals surface area contributed by atoms with Crippen LogP contribution in [0.1, 0.15) is 24.5 Å². The van der Waals surface area contributed by atoms with E-state index >= 15 is 0 Å². The van der Waals surface area contributed by atoms with E-state index in [1.807, 2.05) is 66.7 Å². The second-order valence-corrected chi connectivity index (χ2v) is 11.2. The number of aromatic nitrogens is 2. The lowest BCUT2D eigenvalue weighted by Crippen LogP contribution is -2.62. The third kappa shape index (κ3) is 5.65. The average molecular weight is 600 g/mol. The van der Waals surface area contributed by atoms with Gasteiger partial charge in [-0.1, -0.05) is 12.1 Å². The van der Waals surface area contributed by atoms with Gasteiger partial charge in [0.25, 0.3) is 0 Å². The lowest BCUT2D eigenvalue weighted by Gasteiger charge is -2.48. The first-order valence-electron chi connectivity index (χ1n) is 14.5. The first kappa shape index (κ1) is 27.8. The van der Waals surface area contributed by atoms with Gasteiger partial charge in [0.2, 0.25) is 31.4 Å². The molecule has 2 aromatic carbocycles. The van der Waals surface area contributed by atoms with Gasteiger partial charge in [0.05, 0.1) is 6.42 Å². The maximum atomic E-state index is 13.5. The predicted octanol–water partition coefficient (Wildman–Crippen LogP) is 1.84. The predicted molar refractivity (Wildman–Crippen MR) is 158 cm³/mol. The molecule has 2 unspecified atom stereocenters. The largest absolute Gasteiger partial charge is 0.454 e. The summed E-state index contributed by atoms with van der Waals surface area (Å²) in [6.07, 6.45) is 9.44. The number of fused-ring (bicyclic) bond motifs is 2. The summed E-state index contributed by atoms with van der Waals surface area (Å²) in [6.45, 7) is 4.16. The summed E-state index contributed by atoms with van der Waals surface area (Å²) in [7, 11) is 0. The Morgan fingerprint density at radius 1 is 1.00 bits per heavy atom. The molecular weight excluding hydrogens is 566 g/mol. The van der Waals surface area contributed by atoms with Gasteiger partial charge in [-0.25, -0.2) is 9.98 Å². The summed E-state index contributed by atoms with van der Waals surface area (Å²) in [5.41, 5.74) is 1.01. The Labute approximate surface area is 254 Å². The smallest absolute Gasteiger partial charge is 0.231 e. The van der Waals surface area contributed by atoms with Gasteiger partial charge in [-0.05, 0) is 48.4 Å². The summed E-state index contributed by atoms with van der Waals surface area (Å²) in [4.78, 5) is 40.1. The Balaban J connectivity index is 1.08. The van der Waals surface area contributed by atoms with Crippen LogP contribution in [0.2, 0.25) is 0 Å². The minimum atomic E-state index is -0.750. The van der Waals surface area contributed by atoms with Crippen molar-refractivity contribution in [1.82, 2.24) is 30.0 Å². The maximum Gasteiger partial charge on any atom is 0.231 e. The molecule has 2 amide bonds. The zero-order valence-corrected chi connectivity index (χ0v) is 24.3. The number of carbonyl (C=O) groups is 2. The minimum Gasteiger partial charge on any atom is -0.454 e. The summed E-state index contributed by atoms with van der Waals surface area (Å²) >= 11 is 0. The average Bonchev–Trinajstić information content (AvgIpc) is 3.82. The molecule has 44 heavy (non-hydrogen) atoms. The number of amides is 2. The van der Waals surface area contributed by atoms with Crippen molar-refractivity contribution >= 4 is 17.8 Å². The molecule has 3 aromatic rings. The lowest BCUT2D eigenvalue weighted by molar-refractivity contribution is -0.136. The number of benzene rings is 2. The Kier molecular flexibility index (Phi) is 7.30. The molecule has 4 aliphatic rings. The van der Waals surface area contributed by atoms with Crippen molar-refractivity contribution in [3.05, 3.63) is 78.5 Å². The van der Waals surface area contributed by atoms with Gasteiger partial charge in [-0.2, -0.15) is 0 Å². The van der Waals surface area contributed by atoms with Gasteiger partial charge in [-0.15, -0.1) is 0 Å². The number of hydrogen-bond acceptors (Lipinski definition) is 10. The Hall–Kier alpha value is -5.04. The van der Waals surface area contributed by atoms with Crippen molar-refractivity contribution in [3.63, 3.8) is 0 Å². The molecule has 0 aliphatic carbocycles. The second kappa shape index (κ2) is 11.6. The van der Waals surface area contributed by atoms with Gasteiger partial charge in [0.1, 0.15) is 12.0 Å². The van der Waals surface area contributed by atoms with Crippen LogP contribution in [-0.2, 0) is 22.6 Å². The van der Waals surface area contributed by atoms with Gasteiger partial charge >= 0.3 is 0 Å². The van der Waals surface area contributed by atoms with E-state index in [9.17, 15) is 9.59 Å². The van der Waals surface area contributed by atoms with Gasteiger partial charge < -0.3 is 34.5 Å². The van der Waals surface area contributed by atoms with Gasteiger partial charge in [-0.3, -0.25) is 19.1 Å². The molecular formula is C31H33N7O6. The molecule has 2 atom stereocenters. The Morgan fingerprint density at radius 2 is 1.73 bits per heavy atom. The zero-order chi connectivity index (χ0) is 30.1. The maximum absolute atomic E-state index is 13.5. The van der Waals surface area contributed by atoms with E-state index in [0.29, 0.717) is 55.1 Å². The van der Waals surface area contributed by atoms with Crippen LogP contribution in [0.25, 0.3) is 0 Å². The molecule has 228 valence electrons. The van der Waals surface area contributed by atoms with Crippen LogP contribution in [0.15, 0.2) is 72.4 Å². The van der Waals surface area contributed by atoms with Crippen molar-refractivity contribution in [1.29, 1.82) is 0 Å². The van der Waals surface area contributed by atoms with Crippen molar-refractivity contribution < 1.29 is 28.5 Å². The Morgan fingerprint density at radius 3 is 2.48 bits per heavy atom. The number of hydrogen-bond donors (Lipinski definition) is 2. The highest BCUT2D eigenvalue weighted by Crippen LogP contribution is 2.34. The van der Waals surface area contributed by atoms with Crippen molar-refractivity contribution in [2.45, 2.75) is 38.0 Å². The monoisotopic (exact) mass is 599 g/mol. The highest BCUT2D eigenvalue weighted by molar-refractivity contribution is 5.84. The van der Waals surface area contributed by atoms with E-state index in [4.69, 9.17) is 23.9 Å². The lowest BCUT2D eigenvalue weighted by atomic mass is 10.00. The van der Waals surface area contributed by atoms with E-state index in [-0.39, 0.29) is 44.3 Å². The molecule has 0 spiro atoms. The Bertz CT molecular complexity index is 1620. The van der Waals surface area contributed by atoms with E-state index in [1.165, 1.54) is 0 Å². The van der Waals surface area contributed by atoms with Crippen LogP contribution in [-0.4, -0.2) is 82.0 Å². The van der Waals surface area contributed by atoms with Crippen LogP contribution in [0.4, 0.5) is 0 Å². The molecule has 0 bridgehead atoms. The second-order valence-electron chi connectivity index (χ2n) is 11.2. The quantitative estimate of drug-likeness (QED) is 0.418. The van der Waals surface area contributed by atoms with E-state index in [1.54, 1.807) is 17.1 Å². The molecule has 13 nitrogen and oxygen atoms in total. The summed E-state index contributed by atoms with van der Waals surface area (Å²) in [5.74, 6) is 3.19. The molecule has 1 aromatic heterocycles. The molecule has 5 heterocycles. The standard InChI is InChI=1S/C31H33N7O6/c1-31(6-7-33-30(35-31)37-9-8-32-18-37)38-11-10-36(29(40)14-21-2-4-24-26(12-21)43-19-41-24)17-23(38)15-28(39)34-16-22-3-5-25-27(13-22)44-20-42-25/h2-9,12-13,18,23H,10-11,14-17,19-20H2,1H3,(H,33,35)(H,34,39). The molecule has 7 rings (SSSR count). The van der Waals surface area contributed by atoms with Crippen molar-refractivity contribution in [3.8, 4) is 23.0 Å². The molecule has 0 saturated carbocycles. The number of carbonyl (C=O) groups excluding carboxylic acids is 2. The summed E-state index contributed by atoms with van der Waals surface area (Å²) in [5, 5.41) is 6.23. The fourth-order valence-corrected chi connectivity index (χ4v) is 5.96. The van der Waals surface area contributed by atoms with Crippen LogP contribution < -0.4 is 29.6 Å². The topological polar surface area (TPSA) is 132 Å². The molecule has 13 heteroatoms. The highest BCUT2D eigenvalue weighted by Gasteiger charge is 2.41. The normalized spacial score (nSPS) is 22.0. The minimum absolute atomic E-state index is 0.0112. The van der Waals surface area contributed by atoms with E-state index < -0.39 is 5.66 Å². The van der Waals surface area contributed by atoms with Gasteiger partial charge in [0, 0.05) is 57.2 Å². The van der Waals surface area contributed by atoms with E-state index in [2.05, 4.69) is 20.5 Å². The number of nitrogens with one attached hydrogen (secondary N) is 2. The SMILES string of the molecule is CC1(N2CCN(C(=O)Cc3ccc4c(c3)OCO4)CC2CC(=O)NCc2ccc3c(c2)OCO3)C=CNC(n2ccnc2)=N1. The third-order valence-electron chi connectivity index (χ3n) is 8.25. The third-order valence-corrected chi connectivity index (χ3v) is 8.25. The first-order chi connectivity index (χ1) is 21.4. The molecule has 1 fully saturated rings. The number of nitrogens with zero attached hydrogens (tertiary/aromatic N) is 5. The van der Waals surface area contributed by atoms with E-state index in [0.717, 1.165) is 11.1 Å². The number of imidazole rings is 1. The number of rotatable bonds is 7. The zero-order valence-electron chi connectivity index (χ0n) is 24.3. The highest BCUT2D eigenvalue weighted by atomic mass is 16.7. The first-order valence-corrected chi connectivity index (χ1v) is 14.5. The fourth-order valence-electron chi connectivity index (χ4n) is 5.96. The molecule has 4 aliphatic heterocycles. The number of ether oxygens (including phenoxy) is 4. The van der Waals surface area contributed by atoms with Crippen LogP contribution >= 0.6 is 0 Å². The fraction of sp³-hybridized carbons (Fsp3) is 0.355. The number of piperazine rings is 1. The van der Waals surface area contributed by atoms with Crippen LogP contribution in [0.5, 0.6) is 23.0 Å². The molecule has 0 radical (unpaired) electrons. The van der Waals surface area contributed by atoms with Crippen molar-refractivity contribution in [2.24, 2.45) is 4.99 Å². The van der Waals surface area contributed by atoms with Crippen LogP contribution in [0.3, 0.4) is 0 Å². The summed E-state index contributed by atoms with van der Waals surface area (Å²) in [6, 6.07) is 10.9. The molecule has 2 N–H and O–H groups in total. The number of aliphatic imine (C=N–C) groups is 1. The summed E-state index contributed by atoms with van der Waals surface area (Å²) < 4.78 is 23.6. The van der Waals surface area contributed by atoms with Gasteiger partial charge in [0.15, 0.2) is 23.0 Å². The van der Waals surface area contributed by atoms with Crippen LogP contribution in [0, 0.1) is 0 Å².